The first-order valence-corrected chi connectivity index (χ1v) is 12.8. The van der Waals surface area contributed by atoms with Gasteiger partial charge in [-0.25, -0.2) is 4.57 Å². The number of hydrogen-bond donors (Lipinski definition) is 3. The van der Waals surface area contributed by atoms with Crippen molar-refractivity contribution in [1.29, 1.82) is 0 Å². The molecule has 0 aromatic heterocycles. The quantitative estimate of drug-likeness (QED) is 0.400. The molecule has 0 atom stereocenters. The second-order valence-corrected chi connectivity index (χ2v) is 8.58. The van der Waals surface area contributed by atoms with Crippen molar-refractivity contribution in [3.8, 4) is 0 Å². The van der Waals surface area contributed by atoms with Crippen molar-refractivity contribution in [2.45, 2.75) is 75.3 Å². The van der Waals surface area contributed by atoms with Crippen LogP contribution in [0.3, 0.4) is 0 Å². The van der Waals surface area contributed by atoms with E-state index in [1.54, 1.807) is 4.18 Å². The second kappa shape index (κ2) is 16.0. The Balaban J connectivity index is 0. The van der Waals surface area contributed by atoms with Crippen LogP contribution in [0.15, 0.2) is 0 Å². The van der Waals surface area contributed by atoms with Crippen LogP contribution in [0.25, 0.3) is 0 Å². The van der Waals surface area contributed by atoms with E-state index in [0.29, 0.717) is 0 Å². The monoisotopic (exact) mass is 384 g/mol. The van der Waals surface area contributed by atoms with Gasteiger partial charge in [-0.1, -0.05) is 0 Å². The van der Waals surface area contributed by atoms with Gasteiger partial charge in [-0.15, -0.1) is 0 Å². The second-order valence-electron chi connectivity index (χ2n) is 4.70. The van der Waals surface area contributed by atoms with Gasteiger partial charge in [0.05, 0.1) is 0 Å². The van der Waals surface area contributed by atoms with E-state index in [2.05, 4.69) is 6.92 Å². The molecule has 110 valence electrons. The average Bonchev–Trinajstić information content (AvgIpc) is 2.25. The molecule has 0 aliphatic heterocycles. The predicted octanol–water partition coefficient (Wildman–Crippen LogP) is 3.03. The Morgan fingerprint density at radius 3 is 1.33 bits per heavy atom. The van der Waals surface area contributed by atoms with E-state index in [4.69, 9.17) is 19.2 Å². The maximum absolute atomic E-state index is 8.88. The summed E-state index contributed by atoms with van der Waals surface area (Å²) < 4.78 is 10.5. The molecule has 0 unspecified atom stereocenters. The Hall–Kier alpha value is 0.980. The van der Waals surface area contributed by atoms with Crippen LogP contribution in [0.1, 0.15) is 71.1 Å². The zero-order valence-electron chi connectivity index (χ0n) is 12.0. The van der Waals surface area contributed by atoms with Crippen molar-refractivity contribution in [2.24, 2.45) is 0 Å². The molecule has 0 aromatic carbocycles. The molecule has 0 spiro atoms. The van der Waals surface area contributed by atoms with E-state index in [1.807, 2.05) is 0 Å². The molecule has 0 amide bonds. The van der Waals surface area contributed by atoms with Crippen LogP contribution in [0.5, 0.6) is 0 Å². The summed E-state index contributed by atoms with van der Waals surface area (Å²) in [6, 6.07) is 0. The standard InChI is InChI=1S/C12H25.In.H3O4P.2H/c1-3-5-7-9-11-12-10-8-6-4-2;;1-5(2,3)4;;/h1,3-12H2,2H3;;(H3,1,2,3,4);;. The predicted molar refractivity (Wildman–Crippen MR) is 79.5 cm³/mol. The van der Waals surface area contributed by atoms with E-state index >= 15 is 0 Å². The molecule has 0 saturated carbocycles. The fourth-order valence-electron chi connectivity index (χ4n) is 1.74. The molecule has 6 heteroatoms. The van der Waals surface area contributed by atoms with Crippen LogP contribution in [0.4, 0.5) is 0 Å². The van der Waals surface area contributed by atoms with Gasteiger partial charge in [0.25, 0.3) is 0 Å². The summed E-state index contributed by atoms with van der Waals surface area (Å²) in [5, 5.41) is 0. The molecule has 3 N–H and O–H groups in total. The normalized spacial score (nSPS) is 10.9. The summed E-state index contributed by atoms with van der Waals surface area (Å²) in [6.07, 6.45) is 14.8. The topological polar surface area (TPSA) is 77.8 Å². The Morgan fingerprint density at radius 2 is 1.06 bits per heavy atom. The fraction of sp³-hybridized carbons (Fsp3) is 1.00. The summed E-state index contributed by atoms with van der Waals surface area (Å²) in [4.78, 5) is 21.6. The third kappa shape index (κ3) is 36.0. The number of unbranched alkanes of at least 4 members (excludes halogenated alkanes) is 9. The van der Waals surface area contributed by atoms with Crippen molar-refractivity contribution in [2.75, 3.05) is 0 Å². The van der Waals surface area contributed by atoms with Crippen LogP contribution in [-0.2, 0) is 4.57 Å². The van der Waals surface area contributed by atoms with Gasteiger partial charge < -0.3 is 14.7 Å². The maximum atomic E-state index is 8.88. The molecule has 0 aromatic rings. The molecular formula is C12H30InO4P. The molecule has 0 aliphatic carbocycles. The first kappa shape index (κ1) is 21.3. The zero-order valence-corrected chi connectivity index (χ0v) is 18.6. The van der Waals surface area contributed by atoms with Gasteiger partial charge in [0.15, 0.2) is 0 Å². The van der Waals surface area contributed by atoms with Crippen molar-refractivity contribution in [3.05, 3.63) is 0 Å². The zero-order chi connectivity index (χ0) is 14.3. The first-order valence-electron chi connectivity index (χ1n) is 7.20. The van der Waals surface area contributed by atoms with Gasteiger partial charge in [0.2, 0.25) is 0 Å². The summed E-state index contributed by atoms with van der Waals surface area (Å²) in [6.45, 7) is 2.29. The van der Waals surface area contributed by atoms with Crippen LogP contribution in [-0.4, -0.2) is 39.1 Å². The minimum Gasteiger partial charge on any atom is -0.303 e. The number of phosphoric acid groups is 1. The Bertz CT molecular complexity index is 178. The molecule has 0 radical (unpaired) electrons. The van der Waals surface area contributed by atoms with E-state index in [1.165, 1.54) is 64.2 Å². The molecule has 0 bridgehead atoms. The minimum atomic E-state index is -4.64. The SMILES string of the molecule is CCCCCCCCCCC[CH2][InH2].O=P(O)(O)O. The third-order valence-electron chi connectivity index (χ3n) is 2.71. The third-order valence-corrected chi connectivity index (χ3v) is 4.73. The molecule has 0 aliphatic rings. The van der Waals surface area contributed by atoms with E-state index in [-0.39, 0.29) is 0 Å². The number of hydrogen-bond acceptors (Lipinski definition) is 1. The van der Waals surface area contributed by atoms with Crippen LogP contribution in [0, 0.1) is 0 Å². The van der Waals surface area contributed by atoms with E-state index in [9.17, 15) is 0 Å². The summed E-state index contributed by atoms with van der Waals surface area (Å²) in [5.74, 6) is 0. The molecule has 18 heavy (non-hydrogen) atoms. The Morgan fingerprint density at radius 1 is 0.778 bits per heavy atom. The number of rotatable bonds is 10. The van der Waals surface area contributed by atoms with Crippen LogP contribution in [0.2, 0.25) is 4.18 Å². The van der Waals surface area contributed by atoms with Gasteiger partial charge in [-0.3, -0.25) is 0 Å². The summed E-state index contributed by atoms with van der Waals surface area (Å²) in [7, 11) is -4.64. The van der Waals surface area contributed by atoms with E-state index < -0.39 is 7.82 Å². The molecule has 4 nitrogen and oxygen atoms in total. The van der Waals surface area contributed by atoms with Gasteiger partial charge in [-0.05, 0) is 0 Å². The molecular weight excluding hydrogens is 354 g/mol. The molecule has 0 rings (SSSR count). The molecule has 0 heterocycles. The van der Waals surface area contributed by atoms with Gasteiger partial charge in [0, 0.05) is 0 Å². The van der Waals surface area contributed by atoms with Crippen molar-refractivity contribution in [1.82, 2.24) is 0 Å². The van der Waals surface area contributed by atoms with E-state index in [0.717, 1.165) is 24.4 Å². The fourth-order valence-corrected chi connectivity index (χ4v) is 3.16. The Kier molecular flexibility index (Phi) is 19.0. The molecule has 0 fully saturated rings. The largest absolute Gasteiger partial charge is 0.466 e. The smallest absolute Gasteiger partial charge is 0.303 e. The Labute approximate surface area is 126 Å². The maximum Gasteiger partial charge on any atom is 0.466 e. The molecule has 0 saturated heterocycles. The van der Waals surface area contributed by atoms with Crippen molar-refractivity contribution < 1.29 is 19.2 Å². The summed E-state index contributed by atoms with van der Waals surface area (Å²) in [5.41, 5.74) is 0. The summed E-state index contributed by atoms with van der Waals surface area (Å²) >= 11 is 0.963. The average molecular weight is 384 g/mol. The minimum absolute atomic E-state index is 0.963. The van der Waals surface area contributed by atoms with Crippen molar-refractivity contribution >= 4 is 32.2 Å². The van der Waals surface area contributed by atoms with Crippen LogP contribution >= 0.6 is 7.82 Å². The van der Waals surface area contributed by atoms with Crippen LogP contribution < -0.4 is 0 Å². The van der Waals surface area contributed by atoms with Gasteiger partial charge in [0.1, 0.15) is 0 Å². The van der Waals surface area contributed by atoms with Crippen molar-refractivity contribution in [3.63, 3.8) is 0 Å². The van der Waals surface area contributed by atoms with Gasteiger partial charge in [-0.2, -0.15) is 0 Å². The first-order chi connectivity index (χ1) is 8.41. The van der Waals surface area contributed by atoms with Gasteiger partial charge >= 0.3 is 108 Å².